The molecule has 3 heterocycles. The fraction of sp³-hybridized carbons (Fsp3) is 0.941. The Morgan fingerprint density at radius 3 is 2.82 bits per heavy atom. The lowest BCUT2D eigenvalue weighted by Gasteiger charge is -2.34. The van der Waals surface area contributed by atoms with Crippen LogP contribution in [0.15, 0.2) is 0 Å². The van der Waals surface area contributed by atoms with Crippen LogP contribution in [0.25, 0.3) is 0 Å². The van der Waals surface area contributed by atoms with Crippen molar-refractivity contribution in [2.75, 3.05) is 7.05 Å². The predicted molar refractivity (Wildman–Crippen MR) is 82.8 cm³/mol. The lowest BCUT2D eigenvalue weighted by Crippen LogP contribution is -2.99. The summed E-state index contributed by atoms with van der Waals surface area (Å²) < 4.78 is 5.77. The van der Waals surface area contributed by atoms with Crippen molar-refractivity contribution < 1.29 is 14.8 Å². The van der Waals surface area contributed by atoms with E-state index in [0.29, 0.717) is 30.1 Å². The third kappa shape index (κ3) is 2.38. The Bertz CT molecular complexity index is 444. The number of carbonyl (C=O) groups is 1. The zero-order valence-corrected chi connectivity index (χ0v) is 13.8. The molecule has 7 unspecified atom stereocenters. The molecule has 124 valence electrons. The molecule has 7 atom stereocenters. The fourth-order valence-electron chi connectivity index (χ4n) is 5.54. The van der Waals surface area contributed by atoms with Gasteiger partial charge in [-0.2, -0.15) is 0 Å². The first-order valence-corrected chi connectivity index (χ1v) is 9.18. The molecule has 0 bridgehead atoms. The molecule has 5 nitrogen and oxygen atoms in total. The van der Waals surface area contributed by atoms with Gasteiger partial charge in [0.25, 0.3) is 0 Å². The standard InChI is InChI=1S/C17H29N3O2/c1-10-6-5-9-13(18-10)19-16-14-11-7-3-4-8-12(11)20(2)15(14)17(21)22-16/h10-16,18-19H,3-9H2,1-2H3/p+1. The number of hydrogen-bond acceptors (Lipinski definition) is 4. The third-order valence-corrected chi connectivity index (χ3v) is 6.55. The van der Waals surface area contributed by atoms with Crippen LogP contribution in [0.3, 0.4) is 0 Å². The number of nitrogens with two attached hydrogens (primary N) is 1. The van der Waals surface area contributed by atoms with Crippen molar-refractivity contribution >= 4 is 5.97 Å². The summed E-state index contributed by atoms with van der Waals surface area (Å²) in [5, 5.41) is 6.10. The molecule has 3 saturated heterocycles. The number of carbonyl (C=O) groups excluding carboxylic acids is 1. The quantitative estimate of drug-likeness (QED) is 0.726. The van der Waals surface area contributed by atoms with Crippen LogP contribution in [-0.4, -0.2) is 48.4 Å². The molecule has 22 heavy (non-hydrogen) atoms. The van der Waals surface area contributed by atoms with Gasteiger partial charge in [-0.15, -0.1) is 0 Å². The Kier molecular flexibility index (Phi) is 3.91. The van der Waals surface area contributed by atoms with Gasteiger partial charge in [0.15, 0.2) is 6.23 Å². The van der Waals surface area contributed by atoms with Crippen LogP contribution in [0.2, 0.25) is 0 Å². The summed E-state index contributed by atoms with van der Waals surface area (Å²) in [6, 6.07) is 1.26. The number of ether oxygens (including phenoxy) is 1. The summed E-state index contributed by atoms with van der Waals surface area (Å²) in [7, 11) is 2.13. The predicted octanol–water partition coefficient (Wildman–Crippen LogP) is 0.410. The molecule has 1 aliphatic carbocycles. The van der Waals surface area contributed by atoms with Crippen LogP contribution in [0, 0.1) is 11.8 Å². The highest BCUT2D eigenvalue weighted by Crippen LogP contribution is 2.47. The van der Waals surface area contributed by atoms with E-state index in [1.54, 1.807) is 0 Å². The van der Waals surface area contributed by atoms with Gasteiger partial charge in [-0.05, 0) is 45.6 Å². The number of likely N-dealkylation sites (tertiary alicyclic amines) is 1. The maximum atomic E-state index is 12.4. The second-order valence-corrected chi connectivity index (χ2v) is 7.93. The molecular formula is C17H30N3O2+. The van der Waals surface area contributed by atoms with Gasteiger partial charge in [0.05, 0.1) is 6.04 Å². The Hall–Kier alpha value is -0.650. The van der Waals surface area contributed by atoms with Crippen molar-refractivity contribution in [2.45, 2.75) is 82.4 Å². The minimum Gasteiger partial charge on any atom is -0.445 e. The van der Waals surface area contributed by atoms with Gasteiger partial charge in [0, 0.05) is 18.4 Å². The van der Waals surface area contributed by atoms with Gasteiger partial charge in [-0.1, -0.05) is 12.8 Å². The third-order valence-electron chi connectivity index (χ3n) is 6.55. The van der Waals surface area contributed by atoms with Gasteiger partial charge in [-0.3, -0.25) is 9.69 Å². The molecule has 4 fully saturated rings. The summed E-state index contributed by atoms with van der Waals surface area (Å²) in [4.78, 5) is 14.7. The molecule has 0 spiro atoms. The van der Waals surface area contributed by atoms with Crippen molar-refractivity contribution in [1.29, 1.82) is 0 Å². The van der Waals surface area contributed by atoms with Crippen molar-refractivity contribution in [3.8, 4) is 0 Å². The summed E-state index contributed by atoms with van der Waals surface area (Å²) in [6.45, 7) is 2.29. The number of piperidine rings is 1. The van der Waals surface area contributed by atoms with E-state index in [0.717, 1.165) is 0 Å². The van der Waals surface area contributed by atoms with Crippen LogP contribution in [-0.2, 0) is 9.53 Å². The van der Waals surface area contributed by atoms with Gasteiger partial charge in [0.2, 0.25) is 0 Å². The normalized spacial score (nSPS) is 48.8. The Morgan fingerprint density at radius 2 is 2.00 bits per heavy atom. The molecule has 3 aliphatic heterocycles. The molecule has 0 aromatic rings. The average Bonchev–Trinajstić information content (AvgIpc) is 2.98. The molecule has 0 aromatic heterocycles. The number of esters is 1. The average molecular weight is 308 g/mol. The Balaban J connectivity index is 1.50. The monoisotopic (exact) mass is 308 g/mol. The number of hydrogen-bond donors (Lipinski definition) is 2. The van der Waals surface area contributed by atoms with Gasteiger partial charge in [-0.25, -0.2) is 5.32 Å². The molecule has 0 radical (unpaired) electrons. The van der Waals surface area contributed by atoms with E-state index < -0.39 is 0 Å². The van der Waals surface area contributed by atoms with Crippen molar-refractivity contribution in [1.82, 2.24) is 10.2 Å². The molecule has 1 saturated carbocycles. The summed E-state index contributed by atoms with van der Waals surface area (Å²) in [6.07, 6.45) is 9.22. The second-order valence-electron chi connectivity index (χ2n) is 7.93. The zero-order chi connectivity index (χ0) is 15.3. The van der Waals surface area contributed by atoms with Gasteiger partial charge in [0.1, 0.15) is 12.2 Å². The topological polar surface area (TPSA) is 58.2 Å². The van der Waals surface area contributed by atoms with Gasteiger partial charge < -0.3 is 10.1 Å². The molecular weight excluding hydrogens is 278 g/mol. The van der Waals surface area contributed by atoms with E-state index in [2.05, 4.69) is 29.5 Å². The Morgan fingerprint density at radius 1 is 1.18 bits per heavy atom. The summed E-state index contributed by atoms with van der Waals surface area (Å²) in [5.41, 5.74) is 0. The van der Waals surface area contributed by atoms with E-state index in [9.17, 15) is 4.79 Å². The van der Waals surface area contributed by atoms with Crippen molar-refractivity contribution in [2.24, 2.45) is 11.8 Å². The highest BCUT2D eigenvalue weighted by molar-refractivity contribution is 5.79. The van der Waals surface area contributed by atoms with Crippen LogP contribution in [0.1, 0.15) is 51.9 Å². The number of quaternary nitrogens is 1. The van der Waals surface area contributed by atoms with Crippen LogP contribution in [0.5, 0.6) is 0 Å². The molecule has 0 aromatic carbocycles. The van der Waals surface area contributed by atoms with Crippen LogP contribution >= 0.6 is 0 Å². The highest BCUT2D eigenvalue weighted by Gasteiger charge is 2.59. The minimum absolute atomic E-state index is 0.00302. The summed E-state index contributed by atoms with van der Waals surface area (Å²) in [5.74, 6) is 0.991. The largest absolute Gasteiger partial charge is 0.445 e. The first-order chi connectivity index (χ1) is 10.6. The fourth-order valence-corrected chi connectivity index (χ4v) is 5.54. The molecule has 4 rings (SSSR count). The highest BCUT2D eigenvalue weighted by atomic mass is 16.6. The molecule has 0 amide bonds. The maximum absolute atomic E-state index is 12.4. The van der Waals surface area contributed by atoms with E-state index in [1.165, 1.54) is 44.9 Å². The molecule has 3 N–H and O–H groups in total. The smallest absolute Gasteiger partial charge is 0.325 e. The van der Waals surface area contributed by atoms with Crippen molar-refractivity contribution in [3.05, 3.63) is 0 Å². The first kappa shape index (κ1) is 14.9. The minimum atomic E-state index is -0.0698. The molecule has 5 heteroatoms. The van der Waals surface area contributed by atoms with E-state index >= 15 is 0 Å². The van der Waals surface area contributed by atoms with E-state index in [4.69, 9.17) is 4.74 Å². The Labute approximate surface area is 133 Å². The van der Waals surface area contributed by atoms with Gasteiger partial charge >= 0.3 is 5.97 Å². The van der Waals surface area contributed by atoms with E-state index in [1.807, 2.05) is 0 Å². The lowest BCUT2D eigenvalue weighted by molar-refractivity contribution is -0.733. The SMILES string of the molecule is CC1CCCC(NC2OC(=O)C3C2C2CCCCC2N3C)[NH2+]1. The van der Waals surface area contributed by atoms with Crippen LogP contribution in [0.4, 0.5) is 0 Å². The number of rotatable bonds is 2. The lowest BCUT2D eigenvalue weighted by atomic mass is 9.78. The van der Waals surface area contributed by atoms with Crippen molar-refractivity contribution in [3.63, 3.8) is 0 Å². The number of fused-ring (bicyclic) bond motifs is 3. The second kappa shape index (κ2) is 5.77. The summed E-state index contributed by atoms with van der Waals surface area (Å²) >= 11 is 0. The van der Waals surface area contributed by atoms with Crippen LogP contribution < -0.4 is 10.6 Å². The number of nitrogens with one attached hydrogen (secondary N) is 1. The number of cyclic esters (lactones) is 1. The number of nitrogens with zero attached hydrogens (tertiary/aromatic N) is 1. The van der Waals surface area contributed by atoms with E-state index in [-0.39, 0.29) is 18.2 Å². The maximum Gasteiger partial charge on any atom is 0.325 e. The molecule has 4 aliphatic rings. The zero-order valence-electron chi connectivity index (χ0n) is 13.8. The first-order valence-electron chi connectivity index (χ1n) is 9.18. The number of likely N-dealkylation sites (N-methyl/N-ethyl adjacent to an activating group) is 1.